The van der Waals surface area contributed by atoms with Gasteiger partial charge in [0.05, 0.1) is 4.47 Å². The highest BCUT2D eigenvalue weighted by Gasteiger charge is 2.11. The minimum atomic E-state index is 0.877. The lowest BCUT2D eigenvalue weighted by molar-refractivity contribution is 0.666. The number of hydrogen-bond acceptors (Lipinski definition) is 1. The second-order valence-corrected chi connectivity index (χ2v) is 6.04. The van der Waals surface area contributed by atoms with Crippen LogP contribution in [0.3, 0.4) is 0 Å². The van der Waals surface area contributed by atoms with Crippen molar-refractivity contribution < 1.29 is 4.42 Å². The Morgan fingerprint density at radius 3 is 2.44 bits per heavy atom. The molecule has 3 rings (SSSR count). The molecule has 3 aromatic rings. The monoisotopic (exact) mass is 402 g/mol. The number of benzene rings is 2. The summed E-state index contributed by atoms with van der Waals surface area (Å²) in [6, 6.07) is 10.1. The van der Waals surface area contributed by atoms with E-state index in [1.165, 1.54) is 0 Å². The van der Waals surface area contributed by atoms with Crippen LogP contribution in [0.25, 0.3) is 21.9 Å². The van der Waals surface area contributed by atoms with Crippen molar-refractivity contribution in [3.63, 3.8) is 0 Å². The van der Waals surface area contributed by atoms with Crippen LogP contribution in [0, 0.1) is 0 Å². The van der Waals surface area contributed by atoms with Gasteiger partial charge < -0.3 is 4.42 Å². The molecule has 4 heteroatoms. The predicted octanol–water partition coefficient (Wildman–Crippen LogP) is 5.87. The number of rotatable bonds is 0. The maximum Gasteiger partial charge on any atom is 0.150 e. The zero-order valence-corrected chi connectivity index (χ0v) is 12.7. The van der Waals surface area contributed by atoms with Gasteiger partial charge in [-0.15, -0.1) is 0 Å². The lowest BCUT2D eigenvalue weighted by Crippen LogP contribution is -1.70. The Morgan fingerprint density at radius 2 is 1.62 bits per heavy atom. The molecule has 0 unspecified atom stereocenters. The average molecular weight is 405 g/mol. The van der Waals surface area contributed by atoms with Crippen molar-refractivity contribution in [1.82, 2.24) is 0 Å². The van der Waals surface area contributed by atoms with Crippen LogP contribution < -0.4 is 0 Å². The molecule has 0 amide bonds. The Labute approximate surface area is 117 Å². The third-order valence-electron chi connectivity index (χ3n) is 2.50. The molecule has 0 aliphatic rings. The van der Waals surface area contributed by atoms with Crippen molar-refractivity contribution in [2.24, 2.45) is 0 Å². The van der Waals surface area contributed by atoms with Gasteiger partial charge in [0.2, 0.25) is 0 Å². The van der Waals surface area contributed by atoms with Crippen LogP contribution in [-0.4, -0.2) is 0 Å². The first-order valence-corrected chi connectivity index (χ1v) is 7.00. The lowest BCUT2D eigenvalue weighted by atomic mass is 10.2. The van der Waals surface area contributed by atoms with Crippen molar-refractivity contribution in [2.75, 3.05) is 0 Å². The Hall–Kier alpha value is -0.320. The van der Waals surface area contributed by atoms with Crippen LogP contribution in [0.5, 0.6) is 0 Å². The van der Waals surface area contributed by atoms with Crippen molar-refractivity contribution in [1.29, 1.82) is 0 Å². The summed E-state index contributed by atoms with van der Waals surface area (Å²) in [6.07, 6.45) is 0. The summed E-state index contributed by atoms with van der Waals surface area (Å²) in [5, 5.41) is 2.25. The van der Waals surface area contributed by atoms with E-state index in [4.69, 9.17) is 4.42 Å². The second kappa shape index (κ2) is 3.86. The highest BCUT2D eigenvalue weighted by Crippen LogP contribution is 2.38. The predicted molar refractivity (Wildman–Crippen MR) is 76.8 cm³/mol. The van der Waals surface area contributed by atoms with Crippen LogP contribution in [0.1, 0.15) is 0 Å². The first kappa shape index (κ1) is 10.8. The van der Waals surface area contributed by atoms with Gasteiger partial charge in [-0.1, -0.05) is 15.9 Å². The summed E-state index contributed by atoms with van der Waals surface area (Å²) in [5.74, 6) is 0. The van der Waals surface area contributed by atoms with Gasteiger partial charge in [-0.3, -0.25) is 0 Å². The summed E-state index contributed by atoms with van der Waals surface area (Å²) in [5.41, 5.74) is 1.77. The third-order valence-corrected chi connectivity index (χ3v) is 4.97. The normalized spacial score (nSPS) is 11.4. The van der Waals surface area contributed by atoms with E-state index in [0.29, 0.717) is 0 Å². The molecule has 0 N–H and O–H groups in total. The van der Waals surface area contributed by atoms with E-state index in [1.807, 2.05) is 18.2 Å². The van der Waals surface area contributed by atoms with Crippen molar-refractivity contribution in [3.05, 3.63) is 43.7 Å². The molecule has 0 saturated heterocycles. The maximum absolute atomic E-state index is 5.84. The molecular weight excluding hydrogens is 400 g/mol. The highest BCUT2D eigenvalue weighted by atomic mass is 79.9. The number of hydrogen-bond donors (Lipinski definition) is 0. The van der Waals surface area contributed by atoms with Crippen LogP contribution >= 0.6 is 47.8 Å². The minimum absolute atomic E-state index is 0.877. The van der Waals surface area contributed by atoms with Crippen LogP contribution in [-0.2, 0) is 0 Å². The van der Waals surface area contributed by atoms with Crippen molar-refractivity contribution >= 4 is 69.7 Å². The van der Waals surface area contributed by atoms with Gasteiger partial charge in [0, 0.05) is 19.7 Å². The number of halogens is 3. The van der Waals surface area contributed by atoms with Gasteiger partial charge in [-0.2, -0.15) is 0 Å². The standard InChI is InChI=1S/C12H5Br3O/c13-6-1-2-7-8-3-4-9(14)11(15)12(8)16-10(7)5-6/h1-5H. The summed E-state index contributed by atoms with van der Waals surface area (Å²) in [6.45, 7) is 0. The molecule has 0 aliphatic heterocycles. The first-order chi connectivity index (χ1) is 7.66. The second-order valence-electron chi connectivity index (χ2n) is 3.48. The van der Waals surface area contributed by atoms with E-state index in [1.54, 1.807) is 0 Å². The molecule has 0 aliphatic carbocycles. The van der Waals surface area contributed by atoms with Gasteiger partial charge in [0.25, 0.3) is 0 Å². The fourth-order valence-corrected chi connectivity index (χ4v) is 2.84. The largest absolute Gasteiger partial charge is 0.455 e. The minimum Gasteiger partial charge on any atom is -0.455 e. The smallest absolute Gasteiger partial charge is 0.150 e. The molecular formula is C12H5Br3O. The Morgan fingerprint density at radius 1 is 0.875 bits per heavy atom. The number of fused-ring (bicyclic) bond motifs is 3. The van der Waals surface area contributed by atoms with Crippen LogP contribution in [0.2, 0.25) is 0 Å². The van der Waals surface area contributed by atoms with E-state index >= 15 is 0 Å². The summed E-state index contributed by atoms with van der Waals surface area (Å²) < 4.78 is 8.81. The van der Waals surface area contributed by atoms with E-state index < -0.39 is 0 Å². The third kappa shape index (κ3) is 1.55. The van der Waals surface area contributed by atoms with Gasteiger partial charge in [-0.05, 0) is 62.2 Å². The molecule has 0 fully saturated rings. The molecule has 2 aromatic carbocycles. The molecule has 0 bridgehead atoms. The summed E-state index contributed by atoms with van der Waals surface area (Å²) >= 11 is 10.4. The maximum atomic E-state index is 5.84. The summed E-state index contributed by atoms with van der Waals surface area (Å²) in [7, 11) is 0. The SMILES string of the molecule is Brc1ccc2c(c1)oc1c(Br)c(Br)ccc12. The molecule has 0 radical (unpaired) electrons. The van der Waals surface area contributed by atoms with Gasteiger partial charge >= 0.3 is 0 Å². The lowest BCUT2D eigenvalue weighted by Gasteiger charge is -1.95. The van der Waals surface area contributed by atoms with E-state index in [-0.39, 0.29) is 0 Å². The van der Waals surface area contributed by atoms with Gasteiger partial charge in [0.1, 0.15) is 5.58 Å². The Kier molecular flexibility index (Phi) is 2.61. The Bertz CT molecular complexity index is 700. The first-order valence-electron chi connectivity index (χ1n) is 4.62. The molecule has 0 atom stereocenters. The molecule has 16 heavy (non-hydrogen) atoms. The number of furan rings is 1. The zero-order chi connectivity index (χ0) is 11.3. The molecule has 1 heterocycles. The topological polar surface area (TPSA) is 13.1 Å². The van der Waals surface area contributed by atoms with Crippen LogP contribution in [0.15, 0.2) is 48.2 Å². The molecule has 1 nitrogen and oxygen atoms in total. The molecule has 80 valence electrons. The van der Waals surface area contributed by atoms with E-state index in [2.05, 4.69) is 59.9 Å². The Balaban J connectivity index is 2.55. The van der Waals surface area contributed by atoms with E-state index in [0.717, 1.165) is 35.4 Å². The van der Waals surface area contributed by atoms with Crippen LogP contribution in [0.4, 0.5) is 0 Å². The van der Waals surface area contributed by atoms with Crippen molar-refractivity contribution in [2.45, 2.75) is 0 Å². The van der Waals surface area contributed by atoms with Gasteiger partial charge in [0.15, 0.2) is 5.58 Å². The van der Waals surface area contributed by atoms with Crippen molar-refractivity contribution in [3.8, 4) is 0 Å². The highest BCUT2D eigenvalue weighted by molar-refractivity contribution is 9.13. The quantitative estimate of drug-likeness (QED) is 0.456. The molecule has 1 aromatic heterocycles. The van der Waals surface area contributed by atoms with E-state index in [9.17, 15) is 0 Å². The average Bonchev–Trinajstić information content (AvgIpc) is 2.62. The summed E-state index contributed by atoms with van der Waals surface area (Å²) in [4.78, 5) is 0. The molecule has 0 saturated carbocycles. The fourth-order valence-electron chi connectivity index (χ4n) is 1.76. The van der Waals surface area contributed by atoms with Gasteiger partial charge in [-0.25, -0.2) is 0 Å². The fraction of sp³-hybridized carbons (Fsp3) is 0. The molecule has 0 spiro atoms. The zero-order valence-electron chi connectivity index (χ0n) is 7.93.